The van der Waals surface area contributed by atoms with E-state index >= 15 is 0 Å². The number of H-pyrrole nitrogens is 1. The van der Waals surface area contributed by atoms with Gasteiger partial charge in [-0.3, -0.25) is 0 Å². The standard InChI is InChI=1S/C9H10N2OS/c1-6(12)8-5-13-9(11-8)7-3-2-4-10-7/h2-6,10,12H,1H3. The van der Waals surface area contributed by atoms with Gasteiger partial charge in [-0.2, -0.15) is 0 Å². The lowest BCUT2D eigenvalue weighted by Crippen LogP contribution is -1.90. The van der Waals surface area contributed by atoms with Crippen LogP contribution in [-0.4, -0.2) is 15.1 Å². The molecule has 0 spiro atoms. The Morgan fingerprint density at radius 3 is 3.00 bits per heavy atom. The zero-order chi connectivity index (χ0) is 9.26. The van der Waals surface area contributed by atoms with Gasteiger partial charge in [0.1, 0.15) is 5.01 Å². The topological polar surface area (TPSA) is 48.9 Å². The van der Waals surface area contributed by atoms with Crippen molar-refractivity contribution in [1.82, 2.24) is 9.97 Å². The van der Waals surface area contributed by atoms with Gasteiger partial charge in [-0.1, -0.05) is 0 Å². The third-order valence-electron chi connectivity index (χ3n) is 1.78. The van der Waals surface area contributed by atoms with E-state index in [9.17, 15) is 5.11 Å². The summed E-state index contributed by atoms with van der Waals surface area (Å²) in [6.07, 6.45) is 1.37. The summed E-state index contributed by atoms with van der Waals surface area (Å²) < 4.78 is 0. The number of aromatic nitrogens is 2. The van der Waals surface area contributed by atoms with Gasteiger partial charge >= 0.3 is 0 Å². The van der Waals surface area contributed by atoms with Crippen LogP contribution in [0.3, 0.4) is 0 Å². The van der Waals surface area contributed by atoms with Gasteiger partial charge < -0.3 is 10.1 Å². The second kappa shape index (κ2) is 3.32. The van der Waals surface area contributed by atoms with Crippen molar-refractivity contribution in [3.05, 3.63) is 29.4 Å². The maximum absolute atomic E-state index is 9.27. The van der Waals surface area contributed by atoms with Crippen LogP contribution in [0, 0.1) is 0 Å². The number of hydrogen-bond donors (Lipinski definition) is 2. The molecule has 0 radical (unpaired) electrons. The van der Waals surface area contributed by atoms with E-state index in [4.69, 9.17) is 0 Å². The first-order valence-corrected chi connectivity index (χ1v) is 4.92. The molecule has 0 saturated carbocycles. The van der Waals surface area contributed by atoms with Crippen LogP contribution in [0.25, 0.3) is 10.7 Å². The van der Waals surface area contributed by atoms with E-state index in [1.165, 1.54) is 11.3 Å². The first-order valence-electron chi connectivity index (χ1n) is 4.04. The van der Waals surface area contributed by atoms with Crippen LogP contribution >= 0.6 is 11.3 Å². The summed E-state index contributed by atoms with van der Waals surface area (Å²) in [6, 6.07) is 3.89. The molecule has 68 valence electrons. The van der Waals surface area contributed by atoms with E-state index in [0.29, 0.717) is 0 Å². The molecule has 0 bridgehead atoms. The minimum atomic E-state index is -0.486. The number of rotatable bonds is 2. The number of nitrogens with one attached hydrogen (secondary N) is 1. The van der Waals surface area contributed by atoms with E-state index in [1.807, 2.05) is 23.7 Å². The highest BCUT2D eigenvalue weighted by atomic mass is 32.1. The molecule has 2 rings (SSSR count). The fraction of sp³-hybridized carbons (Fsp3) is 0.222. The predicted molar refractivity (Wildman–Crippen MR) is 52.5 cm³/mol. The quantitative estimate of drug-likeness (QED) is 0.770. The number of hydrogen-bond acceptors (Lipinski definition) is 3. The summed E-state index contributed by atoms with van der Waals surface area (Å²) in [5, 5.41) is 12.1. The van der Waals surface area contributed by atoms with E-state index in [0.717, 1.165) is 16.4 Å². The van der Waals surface area contributed by atoms with Gasteiger partial charge in [-0.15, -0.1) is 11.3 Å². The van der Waals surface area contributed by atoms with Crippen LogP contribution in [0.2, 0.25) is 0 Å². The fourth-order valence-corrected chi connectivity index (χ4v) is 1.96. The summed E-state index contributed by atoms with van der Waals surface area (Å²) in [5.74, 6) is 0. The Kier molecular flexibility index (Phi) is 2.16. The Bertz CT molecular complexity index is 378. The first-order chi connectivity index (χ1) is 6.27. The molecule has 0 aliphatic carbocycles. The number of nitrogens with zero attached hydrogens (tertiary/aromatic N) is 1. The molecule has 3 nitrogen and oxygen atoms in total. The number of aliphatic hydroxyl groups is 1. The maximum atomic E-state index is 9.27. The van der Waals surface area contributed by atoms with Crippen molar-refractivity contribution in [3.63, 3.8) is 0 Å². The zero-order valence-corrected chi connectivity index (χ0v) is 8.01. The van der Waals surface area contributed by atoms with E-state index in [-0.39, 0.29) is 0 Å². The first kappa shape index (κ1) is 8.47. The zero-order valence-electron chi connectivity index (χ0n) is 7.19. The monoisotopic (exact) mass is 194 g/mol. The van der Waals surface area contributed by atoms with E-state index < -0.39 is 6.10 Å². The summed E-state index contributed by atoms with van der Waals surface area (Å²) in [7, 11) is 0. The van der Waals surface area contributed by atoms with Crippen LogP contribution in [-0.2, 0) is 0 Å². The van der Waals surface area contributed by atoms with Gasteiger partial charge in [-0.25, -0.2) is 4.98 Å². The lowest BCUT2D eigenvalue weighted by molar-refractivity contribution is 0.195. The average molecular weight is 194 g/mol. The Labute approximate surface area is 80.1 Å². The smallest absolute Gasteiger partial charge is 0.140 e. The van der Waals surface area contributed by atoms with Crippen LogP contribution in [0.5, 0.6) is 0 Å². The average Bonchev–Trinajstić information content (AvgIpc) is 2.75. The number of aromatic amines is 1. The van der Waals surface area contributed by atoms with Crippen molar-refractivity contribution in [2.24, 2.45) is 0 Å². The highest BCUT2D eigenvalue weighted by molar-refractivity contribution is 7.13. The largest absolute Gasteiger partial charge is 0.387 e. The van der Waals surface area contributed by atoms with Crippen molar-refractivity contribution in [2.45, 2.75) is 13.0 Å². The molecule has 0 aliphatic rings. The summed E-state index contributed by atoms with van der Waals surface area (Å²) in [6.45, 7) is 1.72. The molecule has 2 aromatic heterocycles. The van der Waals surface area contributed by atoms with Crippen molar-refractivity contribution in [3.8, 4) is 10.7 Å². The molecule has 0 aromatic carbocycles. The van der Waals surface area contributed by atoms with Crippen molar-refractivity contribution in [2.75, 3.05) is 0 Å². The highest BCUT2D eigenvalue weighted by Crippen LogP contribution is 2.24. The molecule has 2 N–H and O–H groups in total. The Hall–Kier alpha value is -1.13. The number of aliphatic hydroxyl groups excluding tert-OH is 1. The van der Waals surface area contributed by atoms with Crippen LogP contribution in [0.15, 0.2) is 23.7 Å². The third kappa shape index (κ3) is 1.64. The number of thiazole rings is 1. The van der Waals surface area contributed by atoms with Crippen LogP contribution < -0.4 is 0 Å². The molecule has 1 unspecified atom stereocenters. The van der Waals surface area contributed by atoms with Gasteiger partial charge in [0.2, 0.25) is 0 Å². The highest BCUT2D eigenvalue weighted by Gasteiger charge is 2.08. The minimum Gasteiger partial charge on any atom is -0.387 e. The summed E-state index contributed by atoms with van der Waals surface area (Å²) >= 11 is 1.53. The fourth-order valence-electron chi connectivity index (χ4n) is 1.07. The normalized spacial score (nSPS) is 13.1. The third-order valence-corrected chi connectivity index (χ3v) is 2.67. The van der Waals surface area contributed by atoms with Crippen molar-refractivity contribution < 1.29 is 5.11 Å². The SMILES string of the molecule is CC(O)c1csc(-c2ccc[nH]2)n1. The second-order valence-electron chi connectivity index (χ2n) is 2.84. The van der Waals surface area contributed by atoms with Gasteiger partial charge in [0, 0.05) is 11.6 Å². The van der Waals surface area contributed by atoms with Gasteiger partial charge in [0.25, 0.3) is 0 Å². The lowest BCUT2D eigenvalue weighted by Gasteiger charge is -1.95. The van der Waals surface area contributed by atoms with Crippen LogP contribution in [0.1, 0.15) is 18.7 Å². The van der Waals surface area contributed by atoms with Gasteiger partial charge in [0.05, 0.1) is 17.5 Å². The summed E-state index contributed by atoms with van der Waals surface area (Å²) in [4.78, 5) is 7.36. The Balaban J connectivity index is 2.33. The van der Waals surface area contributed by atoms with Crippen molar-refractivity contribution >= 4 is 11.3 Å². The maximum Gasteiger partial charge on any atom is 0.140 e. The lowest BCUT2D eigenvalue weighted by atomic mass is 10.3. The molecule has 0 fully saturated rings. The molecule has 0 aliphatic heterocycles. The Morgan fingerprint density at radius 2 is 2.46 bits per heavy atom. The van der Waals surface area contributed by atoms with Crippen LogP contribution in [0.4, 0.5) is 0 Å². The summed E-state index contributed by atoms with van der Waals surface area (Å²) in [5.41, 5.74) is 1.73. The molecular formula is C9H10N2OS. The minimum absolute atomic E-state index is 0.486. The van der Waals surface area contributed by atoms with Crippen molar-refractivity contribution in [1.29, 1.82) is 0 Å². The van der Waals surface area contributed by atoms with E-state index in [2.05, 4.69) is 9.97 Å². The molecule has 1 atom stereocenters. The molecule has 2 aromatic rings. The second-order valence-corrected chi connectivity index (χ2v) is 3.70. The molecular weight excluding hydrogens is 184 g/mol. The Morgan fingerprint density at radius 1 is 1.62 bits per heavy atom. The molecule has 0 amide bonds. The molecule has 0 saturated heterocycles. The van der Waals surface area contributed by atoms with E-state index in [1.54, 1.807) is 6.92 Å². The molecule has 4 heteroatoms. The van der Waals surface area contributed by atoms with Gasteiger partial charge in [0.15, 0.2) is 0 Å². The predicted octanol–water partition coefficient (Wildman–Crippen LogP) is 2.19. The van der Waals surface area contributed by atoms with Gasteiger partial charge in [-0.05, 0) is 19.1 Å². The molecule has 2 heterocycles. The molecule has 13 heavy (non-hydrogen) atoms.